The minimum absolute atomic E-state index is 0.952. The molecule has 0 aliphatic heterocycles. The zero-order valence-corrected chi connectivity index (χ0v) is 12.9. The summed E-state index contributed by atoms with van der Waals surface area (Å²) in [6.07, 6.45) is 3.16. The van der Waals surface area contributed by atoms with Crippen molar-refractivity contribution in [3.05, 3.63) is 10.6 Å². The summed E-state index contributed by atoms with van der Waals surface area (Å²) in [6, 6.07) is 0. The van der Waals surface area contributed by atoms with Crippen LogP contribution in [-0.4, -0.2) is 37.1 Å². The average Bonchev–Trinajstić information content (AvgIpc) is 2.76. The number of nitrogens with zero attached hydrogens (tertiary/aromatic N) is 2. The normalized spacial score (nSPS) is 10.8. The third-order valence-electron chi connectivity index (χ3n) is 2.59. The van der Waals surface area contributed by atoms with Gasteiger partial charge in [0, 0.05) is 30.8 Å². The standard InChI is InChI=1S/C12H23N3S2/c1-5-10-11(9-13-6-2)17-12(14-10)15(3)7-8-16-4/h13H,5-9H2,1-4H3. The van der Waals surface area contributed by atoms with E-state index in [1.54, 1.807) is 0 Å². The van der Waals surface area contributed by atoms with Gasteiger partial charge in [0.05, 0.1) is 5.69 Å². The van der Waals surface area contributed by atoms with E-state index >= 15 is 0 Å². The predicted molar refractivity (Wildman–Crippen MR) is 80.5 cm³/mol. The molecule has 0 aliphatic rings. The molecule has 17 heavy (non-hydrogen) atoms. The van der Waals surface area contributed by atoms with E-state index in [0.717, 1.165) is 36.9 Å². The summed E-state index contributed by atoms with van der Waals surface area (Å²) >= 11 is 3.70. The van der Waals surface area contributed by atoms with Gasteiger partial charge in [-0.2, -0.15) is 11.8 Å². The molecule has 0 bridgehead atoms. The lowest BCUT2D eigenvalue weighted by Crippen LogP contribution is -2.19. The summed E-state index contributed by atoms with van der Waals surface area (Å²) in [5, 5.41) is 4.54. The van der Waals surface area contributed by atoms with E-state index in [1.807, 2.05) is 23.1 Å². The molecule has 3 nitrogen and oxygen atoms in total. The van der Waals surface area contributed by atoms with Gasteiger partial charge in [0.1, 0.15) is 0 Å². The highest BCUT2D eigenvalue weighted by atomic mass is 32.2. The third-order valence-corrected chi connectivity index (χ3v) is 4.40. The van der Waals surface area contributed by atoms with E-state index in [1.165, 1.54) is 10.6 Å². The minimum atomic E-state index is 0.952. The van der Waals surface area contributed by atoms with Crippen LogP contribution in [0.5, 0.6) is 0 Å². The molecule has 0 atom stereocenters. The van der Waals surface area contributed by atoms with Crippen molar-refractivity contribution in [3.8, 4) is 0 Å². The number of aryl methyl sites for hydroxylation is 1. The second-order valence-corrected chi connectivity index (χ2v) is 5.96. The van der Waals surface area contributed by atoms with Crippen molar-refractivity contribution in [2.45, 2.75) is 26.8 Å². The van der Waals surface area contributed by atoms with Gasteiger partial charge >= 0.3 is 0 Å². The quantitative estimate of drug-likeness (QED) is 0.788. The molecule has 98 valence electrons. The summed E-state index contributed by atoms with van der Waals surface area (Å²) < 4.78 is 0. The van der Waals surface area contributed by atoms with Gasteiger partial charge in [-0.05, 0) is 19.2 Å². The zero-order valence-electron chi connectivity index (χ0n) is 11.2. The van der Waals surface area contributed by atoms with E-state index < -0.39 is 0 Å². The molecule has 0 unspecified atom stereocenters. The third kappa shape index (κ3) is 4.48. The highest BCUT2D eigenvalue weighted by molar-refractivity contribution is 7.98. The van der Waals surface area contributed by atoms with Crippen LogP contribution >= 0.6 is 23.1 Å². The van der Waals surface area contributed by atoms with Gasteiger partial charge in [0.25, 0.3) is 0 Å². The highest BCUT2D eigenvalue weighted by Gasteiger charge is 2.12. The molecular weight excluding hydrogens is 250 g/mol. The van der Waals surface area contributed by atoms with Crippen molar-refractivity contribution in [2.75, 3.05) is 37.0 Å². The Bertz CT molecular complexity index is 326. The fourth-order valence-corrected chi connectivity index (χ4v) is 3.07. The first-order valence-electron chi connectivity index (χ1n) is 6.12. The van der Waals surface area contributed by atoms with Crippen LogP contribution in [0.1, 0.15) is 24.4 Å². The Morgan fingerprint density at radius 3 is 2.76 bits per heavy atom. The molecule has 0 saturated carbocycles. The maximum Gasteiger partial charge on any atom is 0.185 e. The van der Waals surface area contributed by atoms with Crippen LogP contribution in [0.3, 0.4) is 0 Å². The first-order chi connectivity index (χ1) is 8.22. The topological polar surface area (TPSA) is 28.2 Å². The van der Waals surface area contributed by atoms with Crippen molar-refractivity contribution in [2.24, 2.45) is 0 Å². The van der Waals surface area contributed by atoms with Crippen molar-refractivity contribution >= 4 is 28.2 Å². The van der Waals surface area contributed by atoms with Crippen molar-refractivity contribution in [3.63, 3.8) is 0 Å². The van der Waals surface area contributed by atoms with Crippen molar-refractivity contribution in [1.82, 2.24) is 10.3 Å². The van der Waals surface area contributed by atoms with E-state index in [2.05, 4.69) is 37.4 Å². The number of nitrogens with one attached hydrogen (secondary N) is 1. The zero-order chi connectivity index (χ0) is 12.7. The van der Waals surface area contributed by atoms with Crippen LogP contribution < -0.4 is 10.2 Å². The van der Waals surface area contributed by atoms with E-state index in [-0.39, 0.29) is 0 Å². The Hall–Kier alpha value is -0.260. The number of thiazole rings is 1. The maximum absolute atomic E-state index is 4.73. The molecule has 1 aromatic rings. The summed E-state index contributed by atoms with van der Waals surface area (Å²) in [4.78, 5) is 8.38. The maximum atomic E-state index is 4.73. The van der Waals surface area contributed by atoms with Crippen LogP contribution in [0, 0.1) is 0 Å². The summed E-state index contributed by atoms with van der Waals surface area (Å²) in [5.74, 6) is 1.15. The molecule has 1 heterocycles. The highest BCUT2D eigenvalue weighted by Crippen LogP contribution is 2.26. The van der Waals surface area contributed by atoms with Gasteiger partial charge in [0.15, 0.2) is 5.13 Å². The Balaban J connectivity index is 2.69. The van der Waals surface area contributed by atoms with Crippen LogP contribution in [0.4, 0.5) is 5.13 Å². The van der Waals surface area contributed by atoms with E-state index in [0.29, 0.717) is 0 Å². The molecule has 0 aliphatic carbocycles. The number of hydrogen-bond acceptors (Lipinski definition) is 5. The molecule has 0 aromatic carbocycles. The second kappa shape index (κ2) is 7.95. The van der Waals surface area contributed by atoms with E-state index in [9.17, 15) is 0 Å². The fraction of sp³-hybridized carbons (Fsp3) is 0.750. The van der Waals surface area contributed by atoms with Crippen molar-refractivity contribution < 1.29 is 0 Å². The van der Waals surface area contributed by atoms with Crippen LogP contribution in [0.2, 0.25) is 0 Å². The molecule has 0 fully saturated rings. The molecule has 1 rings (SSSR count). The summed E-state index contributed by atoms with van der Waals surface area (Å²) in [7, 11) is 2.13. The lowest BCUT2D eigenvalue weighted by molar-refractivity contribution is 0.727. The molecule has 0 radical (unpaired) electrons. The Morgan fingerprint density at radius 1 is 1.41 bits per heavy atom. The van der Waals surface area contributed by atoms with Gasteiger partial charge in [-0.1, -0.05) is 13.8 Å². The molecule has 5 heteroatoms. The predicted octanol–water partition coefficient (Wildman–Crippen LogP) is 2.61. The summed E-state index contributed by atoms with van der Waals surface area (Å²) in [5.41, 5.74) is 1.25. The van der Waals surface area contributed by atoms with Gasteiger partial charge < -0.3 is 10.2 Å². The lowest BCUT2D eigenvalue weighted by Gasteiger charge is -2.14. The first kappa shape index (κ1) is 14.8. The Labute approximate surface area is 113 Å². The largest absolute Gasteiger partial charge is 0.350 e. The van der Waals surface area contributed by atoms with Crippen LogP contribution in [-0.2, 0) is 13.0 Å². The van der Waals surface area contributed by atoms with Gasteiger partial charge in [0.2, 0.25) is 0 Å². The molecule has 0 spiro atoms. The SMILES string of the molecule is CCNCc1sc(N(C)CCSC)nc1CC. The second-order valence-electron chi connectivity index (χ2n) is 3.91. The van der Waals surface area contributed by atoms with Crippen LogP contribution in [0.15, 0.2) is 0 Å². The number of anilines is 1. The van der Waals surface area contributed by atoms with Gasteiger partial charge in [-0.15, -0.1) is 11.3 Å². The molecule has 1 aromatic heterocycles. The van der Waals surface area contributed by atoms with Gasteiger partial charge in [-0.25, -0.2) is 4.98 Å². The van der Waals surface area contributed by atoms with Crippen molar-refractivity contribution in [1.29, 1.82) is 0 Å². The molecular formula is C12H23N3S2. The van der Waals surface area contributed by atoms with E-state index in [4.69, 9.17) is 4.98 Å². The smallest absolute Gasteiger partial charge is 0.185 e. The average molecular weight is 273 g/mol. The number of aromatic nitrogens is 1. The molecule has 1 N–H and O–H groups in total. The monoisotopic (exact) mass is 273 g/mol. The van der Waals surface area contributed by atoms with Gasteiger partial charge in [-0.3, -0.25) is 0 Å². The lowest BCUT2D eigenvalue weighted by atomic mass is 10.3. The minimum Gasteiger partial charge on any atom is -0.350 e. The molecule has 0 amide bonds. The molecule has 0 saturated heterocycles. The Kier molecular flexibility index (Phi) is 6.92. The summed E-state index contributed by atoms with van der Waals surface area (Å²) in [6.45, 7) is 7.35. The number of hydrogen-bond donors (Lipinski definition) is 1. The van der Waals surface area contributed by atoms with Crippen LogP contribution in [0.25, 0.3) is 0 Å². The fourth-order valence-electron chi connectivity index (χ4n) is 1.51. The number of rotatable bonds is 8. The first-order valence-corrected chi connectivity index (χ1v) is 8.33. The number of thioether (sulfide) groups is 1. The Morgan fingerprint density at radius 2 is 2.18 bits per heavy atom.